The molecule has 0 saturated carbocycles. The van der Waals surface area contributed by atoms with Crippen LogP contribution in [0.5, 0.6) is 0 Å². The Labute approximate surface area is 186 Å². The molecule has 2 aromatic carbocycles. The number of hydrogen-bond acceptors (Lipinski definition) is 5. The second kappa shape index (κ2) is 9.67. The van der Waals surface area contributed by atoms with Crippen molar-refractivity contribution in [2.24, 2.45) is 0 Å². The van der Waals surface area contributed by atoms with Crippen LogP contribution in [0.4, 0.5) is 5.69 Å². The lowest BCUT2D eigenvalue weighted by Crippen LogP contribution is -2.35. The average molecular weight is 435 g/mol. The van der Waals surface area contributed by atoms with E-state index in [-0.39, 0.29) is 5.91 Å². The highest BCUT2D eigenvalue weighted by atomic mass is 35.5. The molecule has 0 N–H and O–H groups in total. The summed E-state index contributed by atoms with van der Waals surface area (Å²) in [6.07, 6.45) is 3.44. The minimum atomic E-state index is 0.118. The molecule has 1 aliphatic heterocycles. The predicted molar refractivity (Wildman–Crippen MR) is 120 cm³/mol. The van der Waals surface area contributed by atoms with Gasteiger partial charge in [-0.25, -0.2) is 4.98 Å². The number of aryl methyl sites for hydroxylation is 1. The summed E-state index contributed by atoms with van der Waals surface area (Å²) >= 11 is 5.93. The zero-order valence-corrected chi connectivity index (χ0v) is 17.9. The molecule has 1 aliphatic rings. The van der Waals surface area contributed by atoms with E-state index in [0.29, 0.717) is 41.6 Å². The van der Waals surface area contributed by atoms with E-state index >= 15 is 0 Å². The smallest absolute Gasteiger partial charge is 0.223 e. The number of benzene rings is 2. The topological polar surface area (TPSA) is 73.4 Å². The van der Waals surface area contributed by atoms with Crippen molar-refractivity contribution in [1.29, 1.82) is 5.26 Å². The number of halogens is 1. The lowest BCUT2D eigenvalue weighted by molar-refractivity contribution is -0.131. The number of nitriles is 1. The van der Waals surface area contributed by atoms with Crippen molar-refractivity contribution in [3.05, 3.63) is 71.2 Å². The molecule has 0 spiro atoms. The van der Waals surface area contributed by atoms with Crippen LogP contribution in [0, 0.1) is 11.3 Å². The van der Waals surface area contributed by atoms with E-state index in [2.05, 4.69) is 16.0 Å². The van der Waals surface area contributed by atoms with E-state index < -0.39 is 0 Å². The molecule has 0 radical (unpaired) electrons. The molecule has 31 heavy (non-hydrogen) atoms. The third kappa shape index (κ3) is 5.25. The molecule has 6 nitrogen and oxygen atoms in total. The van der Waals surface area contributed by atoms with Gasteiger partial charge in [-0.3, -0.25) is 4.79 Å². The molecule has 1 fully saturated rings. The summed E-state index contributed by atoms with van der Waals surface area (Å²) in [5.41, 5.74) is 2.65. The van der Waals surface area contributed by atoms with Crippen molar-refractivity contribution in [3.8, 4) is 17.4 Å². The van der Waals surface area contributed by atoms with Crippen LogP contribution in [0.3, 0.4) is 0 Å². The SMILES string of the molecule is N#Cc1ccc(N2CCCN(C(=O)CCc3ncc(-c4ccc(Cl)cc4)o3)CC2)cc1. The van der Waals surface area contributed by atoms with Crippen LogP contribution in [0.15, 0.2) is 59.1 Å². The number of aromatic nitrogens is 1. The van der Waals surface area contributed by atoms with Gasteiger partial charge in [0.05, 0.1) is 17.8 Å². The summed E-state index contributed by atoms with van der Waals surface area (Å²) < 4.78 is 5.81. The number of carbonyl (C=O) groups is 1. The van der Waals surface area contributed by atoms with E-state index in [4.69, 9.17) is 21.3 Å². The molecular formula is C24H23ClN4O2. The zero-order valence-electron chi connectivity index (χ0n) is 17.1. The first-order valence-electron chi connectivity index (χ1n) is 10.4. The van der Waals surface area contributed by atoms with Gasteiger partial charge in [-0.2, -0.15) is 5.26 Å². The van der Waals surface area contributed by atoms with Crippen molar-refractivity contribution >= 4 is 23.2 Å². The maximum atomic E-state index is 12.8. The lowest BCUT2D eigenvalue weighted by Gasteiger charge is -2.23. The highest BCUT2D eigenvalue weighted by Gasteiger charge is 2.20. The van der Waals surface area contributed by atoms with Crippen molar-refractivity contribution < 1.29 is 9.21 Å². The molecular weight excluding hydrogens is 412 g/mol. The van der Waals surface area contributed by atoms with Crippen molar-refractivity contribution in [2.75, 3.05) is 31.1 Å². The lowest BCUT2D eigenvalue weighted by atomic mass is 10.2. The molecule has 2 heterocycles. The average Bonchev–Trinajstić information content (AvgIpc) is 3.14. The maximum absolute atomic E-state index is 12.8. The summed E-state index contributed by atoms with van der Waals surface area (Å²) in [5, 5.41) is 9.63. The number of anilines is 1. The van der Waals surface area contributed by atoms with Crippen LogP contribution >= 0.6 is 11.6 Å². The van der Waals surface area contributed by atoms with Crippen LogP contribution < -0.4 is 4.90 Å². The minimum absolute atomic E-state index is 0.118. The fourth-order valence-corrected chi connectivity index (χ4v) is 3.84. The Morgan fingerprint density at radius 2 is 1.84 bits per heavy atom. The monoisotopic (exact) mass is 434 g/mol. The number of carbonyl (C=O) groups excluding carboxylic acids is 1. The first kappa shape index (κ1) is 21.0. The van der Waals surface area contributed by atoms with E-state index in [1.165, 1.54) is 0 Å². The van der Waals surface area contributed by atoms with Crippen LogP contribution in [0.25, 0.3) is 11.3 Å². The molecule has 1 amide bonds. The third-order valence-electron chi connectivity index (χ3n) is 5.45. The van der Waals surface area contributed by atoms with Crippen LogP contribution in [0.1, 0.15) is 24.3 Å². The minimum Gasteiger partial charge on any atom is -0.441 e. The van der Waals surface area contributed by atoms with Crippen molar-refractivity contribution in [2.45, 2.75) is 19.3 Å². The molecule has 4 rings (SSSR count). The van der Waals surface area contributed by atoms with Gasteiger partial charge < -0.3 is 14.2 Å². The fraction of sp³-hybridized carbons (Fsp3) is 0.292. The van der Waals surface area contributed by atoms with Gasteiger partial charge in [-0.05, 0) is 55.0 Å². The highest BCUT2D eigenvalue weighted by Crippen LogP contribution is 2.23. The van der Waals surface area contributed by atoms with Gasteiger partial charge in [-0.1, -0.05) is 11.6 Å². The first-order valence-corrected chi connectivity index (χ1v) is 10.7. The Morgan fingerprint density at radius 1 is 1.06 bits per heavy atom. The standard InChI is InChI=1S/C24H23ClN4O2/c25-20-6-4-19(5-7-20)22-17-27-23(31-22)10-11-24(30)29-13-1-12-28(14-15-29)21-8-2-18(16-26)3-9-21/h2-9,17H,1,10-15H2. The second-order valence-electron chi connectivity index (χ2n) is 7.51. The molecule has 0 bridgehead atoms. The number of hydrogen-bond donors (Lipinski definition) is 0. The van der Waals surface area contributed by atoms with E-state index in [1.807, 2.05) is 53.4 Å². The Balaban J connectivity index is 1.30. The van der Waals surface area contributed by atoms with E-state index in [9.17, 15) is 4.79 Å². The van der Waals surface area contributed by atoms with E-state index in [1.54, 1.807) is 6.20 Å². The highest BCUT2D eigenvalue weighted by molar-refractivity contribution is 6.30. The van der Waals surface area contributed by atoms with Gasteiger partial charge in [0.25, 0.3) is 0 Å². The Hall–Kier alpha value is -3.30. The van der Waals surface area contributed by atoms with Crippen molar-refractivity contribution in [1.82, 2.24) is 9.88 Å². The third-order valence-corrected chi connectivity index (χ3v) is 5.70. The van der Waals surface area contributed by atoms with Gasteiger partial charge in [0.15, 0.2) is 11.7 Å². The second-order valence-corrected chi connectivity index (χ2v) is 7.94. The number of amides is 1. The van der Waals surface area contributed by atoms with Crippen LogP contribution in [-0.4, -0.2) is 42.0 Å². The summed E-state index contributed by atoms with van der Waals surface area (Å²) in [5.74, 6) is 1.35. The zero-order chi connectivity index (χ0) is 21.6. The van der Waals surface area contributed by atoms with Gasteiger partial charge in [0, 0.05) is 55.3 Å². The van der Waals surface area contributed by atoms with Gasteiger partial charge in [-0.15, -0.1) is 0 Å². The van der Waals surface area contributed by atoms with Crippen LogP contribution in [0.2, 0.25) is 5.02 Å². The molecule has 158 valence electrons. The van der Waals surface area contributed by atoms with Crippen LogP contribution in [-0.2, 0) is 11.2 Å². The molecule has 7 heteroatoms. The quantitative estimate of drug-likeness (QED) is 0.589. The molecule has 1 aromatic heterocycles. The van der Waals surface area contributed by atoms with Gasteiger partial charge in [0.1, 0.15) is 0 Å². The Bertz CT molecular complexity index is 1070. The maximum Gasteiger partial charge on any atom is 0.223 e. The molecule has 0 atom stereocenters. The molecule has 3 aromatic rings. The molecule has 1 saturated heterocycles. The summed E-state index contributed by atoms with van der Waals surface area (Å²) in [6.45, 7) is 3.09. The van der Waals surface area contributed by atoms with E-state index in [0.717, 1.165) is 37.3 Å². The Kier molecular flexibility index (Phi) is 6.54. The normalized spacial score (nSPS) is 14.2. The van der Waals surface area contributed by atoms with Gasteiger partial charge in [0.2, 0.25) is 5.91 Å². The summed E-state index contributed by atoms with van der Waals surface area (Å²) in [4.78, 5) is 21.3. The first-order chi connectivity index (χ1) is 15.1. The Morgan fingerprint density at radius 3 is 2.58 bits per heavy atom. The summed E-state index contributed by atoms with van der Waals surface area (Å²) in [7, 11) is 0. The predicted octanol–water partition coefficient (Wildman–Crippen LogP) is 4.54. The molecule has 0 unspecified atom stereocenters. The largest absolute Gasteiger partial charge is 0.441 e. The van der Waals surface area contributed by atoms with Crippen molar-refractivity contribution in [3.63, 3.8) is 0 Å². The number of rotatable bonds is 5. The number of oxazole rings is 1. The molecule has 0 aliphatic carbocycles. The fourth-order valence-electron chi connectivity index (χ4n) is 3.72. The summed E-state index contributed by atoms with van der Waals surface area (Å²) in [6, 6.07) is 17.1. The number of nitrogens with zero attached hydrogens (tertiary/aromatic N) is 4. The van der Waals surface area contributed by atoms with Gasteiger partial charge >= 0.3 is 0 Å².